The molecule has 0 aliphatic heterocycles. The maximum atomic E-state index is 12.7. The summed E-state index contributed by atoms with van der Waals surface area (Å²) >= 11 is 1.30. The molecule has 0 heterocycles. The number of benzene rings is 2. The number of rotatable bonds is 10. The van der Waals surface area contributed by atoms with Gasteiger partial charge >= 0.3 is 12.1 Å². The van der Waals surface area contributed by atoms with Gasteiger partial charge in [-0.1, -0.05) is 48.5 Å². The zero-order valence-electron chi connectivity index (χ0n) is 19.8. The van der Waals surface area contributed by atoms with Crippen molar-refractivity contribution < 1.29 is 29.3 Å². The van der Waals surface area contributed by atoms with E-state index >= 15 is 0 Å². The van der Waals surface area contributed by atoms with E-state index in [2.05, 4.69) is 17.4 Å². The van der Waals surface area contributed by atoms with E-state index < -0.39 is 29.8 Å². The molecule has 0 radical (unpaired) electrons. The summed E-state index contributed by atoms with van der Waals surface area (Å²) in [7, 11) is 0. The van der Waals surface area contributed by atoms with E-state index in [0.717, 1.165) is 22.3 Å². The molecular weight excluding hydrogens is 454 g/mol. The molecule has 1 aliphatic rings. The third-order valence-electron chi connectivity index (χ3n) is 5.38. The molecular formula is C26H33NO6S. The topological polar surface area (TPSA) is 105 Å². The number of esters is 1. The molecule has 7 nitrogen and oxygen atoms in total. The normalized spacial score (nSPS) is 14.6. The van der Waals surface area contributed by atoms with Crippen molar-refractivity contribution in [1.29, 1.82) is 0 Å². The Bertz CT molecular complexity index is 944. The van der Waals surface area contributed by atoms with Gasteiger partial charge in [0.05, 0.1) is 6.10 Å². The predicted octanol–water partition coefficient (Wildman–Crippen LogP) is 3.71. The molecule has 0 saturated carbocycles. The molecule has 0 unspecified atom stereocenters. The summed E-state index contributed by atoms with van der Waals surface area (Å²) < 4.78 is 11.0. The van der Waals surface area contributed by atoms with Gasteiger partial charge in [0.1, 0.15) is 18.2 Å². The molecule has 1 aliphatic carbocycles. The minimum atomic E-state index is -0.929. The standard InChI is InChI=1S/C26H33NO6S/c1-26(2,3)33-24(30)23(16-34-15-17(29)12-13-28)27-25(31)32-14-22-20-10-6-4-8-18(20)19-9-5-7-11-21(19)22/h4-11,17,22-23,28-29H,12-16H2,1-3H3,(H,27,31)/t17-,23+/m1/s1. The summed E-state index contributed by atoms with van der Waals surface area (Å²) in [5.41, 5.74) is 3.77. The number of aliphatic hydroxyl groups excluding tert-OH is 2. The van der Waals surface area contributed by atoms with Crippen molar-refractivity contribution in [2.45, 2.75) is 50.9 Å². The highest BCUT2D eigenvalue weighted by molar-refractivity contribution is 7.99. The van der Waals surface area contributed by atoms with Crippen LogP contribution in [0.1, 0.15) is 44.2 Å². The van der Waals surface area contributed by atoms with E-state index in [1.54, 1.807) is 20.8 Å². The lowest BCUT2D eigenvalue weighted by Gasteiger charge is -2.24. The second-order valence-corrected chi connectivity index (χ2v) is 10.3. The van der Waals surface area contributed by atoms with Crippen molar-refractivity contribution in [1.82, 2.24) is 5.32 Å². The van der Waals surface area contributed by atoms with Crippen LogP contribution in [0.2, 0.25) is 0 Å². The van der Waals surface area contributed by atoms with Crippen LogP contribution in [0, 0.1) is 0 Å². The molecule has 2 aromatic carbocycles. The van der Waals surface area contributed by atoms with Crippen LogP contribution >= 0.6 is 11.8 Å². The molecule has 184 valence electrons. The average Bonchev–Trinajstić information content (AvgIpc) is 3.10. The highest BCUT2D eigenvalue weighted by Crippen LogP contribution is 2.44. The van der Waals surface area contributed by atoms with Crippen LogP contribution in [0.15, 0.2) is 48.5 Å². The Balaban J connectivity index is 1.63. The summed E-state index contributed by atoms with van der Waals surface area (Å²) in [5.74, 6) is -0.111. The molecule has 3 N–H and O–H groups in total. The van der Waals surface area contributed by atoms with Gasteiger partial charge in [-0.25, -0.2) is 9.59 Å². The highest BCUT2D eigenvalue weighted by Gasteiger charge is 2.31. The summed E-state index contributed by atoms with van der Waals surface area (Å²) in [4.78, 5) is 25.3. The fraction of sp³-hybridized carbons (Fsp3) is 0.462. The first-order chi connectivity index (χ1) is 16.2. The minimum Gasteiger partial charge on any atom is -0.458 e. The van der Waals surface area contributed by atoms with E-state index in [1.807, 2.05) is 36.4 Å². The molecule has 2 aromatic rings. The number of amides is 1. The summed E-state index contributed by atoms with van der Waals surface area (Å²) in [6.45, 7) is 5.30. The van der Waals surface area contributed by atoms with Crippen LogP contribution in [0.25, 0.3) is 11.1 Å². The first kappa shape index (κ1) is 26.1. The first-order valence-corrected chi connectivity index (χ1v) is 12.6. The SMILES string of the molecule is CC(C)(C)OC(=O)[C@H](CSC[C@H](O)CCO)NC(=O)OCC1c2ccccc2-c2ccccc21. The zero-order chi connectivity index (χ0) is 24.7. The predicted molar refractivity (Wildman–Crippen MR) is 133 cm³/mol. The van der Waals surface area contributed by atoms with Gasteiger partial charge in [-0.15, -0.1) is 0 Å². The van der Waals surface area contributed by atoms with E-state index in [4.69, 9.17) is 14.6 Å². The largest absolute Gasteiger partial charge is 0.458 e. The van der Waals surface area contributed by atoms with E-state index in [9.17, 15) is 14.7 Å². The van der Waals surface area contributed by atoms with Crippen LogP contribution < -0.4 is 5.32 Å². The Morgan fingerprint density at radius 3 is 2.18 bits per heavy atom. The van der Waals surface area contributed by atoms with Gasteiger partial charge in [0.2, 0.25) is 0 Å². The molecule has 0 fully saturated rings. The van der Waals surface area contributed by atoms with Crippen molar-refractivity contribution in [2.75, 3.05) is 24.7 Å². The maximum absolute atomic E-state index is 12.7. The van der Waals surface area contributed by atoms with E-state index in [-0.39, 0.29) is 31.3 Å². The number of carbonyl (C=O) groups excluding carboxylic acids is 2. The molecule has 0 saturated heterocycles. The fourth-order valence-electron chi connectivity index (χ4n) is 3.88. The lowest BCUT2D eigenvalue weighted by molar-refractivity contribution is -0.156. The van der Waals surface area contributed by atoms with Crippen molar-refractivity contribution in [3.63, 3.8) is 0 Å². The molecule has 1 amide bonds. The lowest BCUT2D eigenvalue weighted by atomic mass is 9.98. The summed E-state index contributed by atoms with van der Waals surface area (Å²) in [6, 6.07) is 15.2. The summed E-state index contributed by atoms with van der Waals surface area (Å²) in [6.07, 6.45) is -1.14. The summed E-state index contributed by atoms with van der Waals surface area (Å²) in [5, 5.41) is 21.4. The van der Waals surface area contributed by atoms with Gasteiger partial charge in [0.25, 0.3) is 0 Å². The van der Waals surface area contributed by atoms with Gasteiger partial charge in [0.15, 0.2) is 0 Å². The number of ether oxygens (including phenoxy) is 2. The van der Waals surface area contributed by atoms with E-state index in [0.29, 0.717) is 5.75 Å². The molecule has 0 aromatic heterocycles. The van der Waals surface area contributed by atoms with Gasteiger partial charge in [0, 0.05) is 24.0 Å². The number of alkyl carbamates (subject to hydrolysis) is 1. The molecule has 0 spiro atoms. The third-order valence-corrected chi connectivity index (χ3v) is 6.57. The lowest BCUT2D eigenvalue weighted by Crippen LogP contribution is -2.46. The van der Waals surface area contributed by atoms with Crippen LogP contribution in [-0.4, -0.2) is 64.7 Å². The molecule has 3 rings (SSSR count). The Labute approximate surface area is 204 Å². The molecule has 0 bridgehead atoms. The monoisotopic (exact) mass is 487 g/mol. The third kappa shape index (κ3) is 6.98. The second kappa shape index (κ2) is 11.7. The van der Waals surface area contributed by atoms with E-state index in [1.165, 1.54) is 11.8 Å². The average molecular weight is 488 g/mol. The van der Waals surface area contributed by atoms with Crippen molar-refractivity contribution in [2.24, 2.45) is 0 Å². The van der Waals surface area contributed by atoms with Crippen LogP contribution in [0.4, 0.5) is 4.79 Å². The van der Waals surface area contributed by atoms with Gasteiger partial charge in [-0.2, -0.15) is 11.8 Å². The second-order valence-electron chi connectivity index (χ2n) is 9.26. The Kier molecular flexibility index (Phi) is 8.99. The highest BCUT2D eigenvalue weighted by atomic mass is 32.2. The number of carbonyl (C=O) groups is 2. The minimum absolute atomic E-state index is 0.0823. The van der Waals surface area contributed by atoms with Crippen molar-refractivity contribution in [3.8, 4) is 11.1 Å². The smallest absolute Gasteiger partial charge is 0.407 e. The van der Waals surface area contributed by atoms with Crippen LogP contribution in [-0.2, 0) is 14.3 Å². The first-order valence-electron chi connectivity index (χ1n) is 11.4. The van der Waals surface area contributed by atoms with Gasteiger partial charge in [-0.05, 0) is 49.4 Å². The fourth-order valence-corrected chi connectivity index (χ4v) is 4.91. The number of nitrogens with one attached hydrogen (secondary N) is 1. The maximum Gasteiger partial charge on any atom is 0.407 e. The quantitative estimate of drug-likeness (QED) is 0.439. The van der Waals surface area contributed by atoms with Crippen molar-refractivity contribution in [3.05, 3.63) is 59.7 Å². The van der Waals surface area contributed by atoms with Gasteiger partial charge in [-0.3, -0.25) is 0 Å². The number of thioether (sulfide) groups is 1. The number of aliphatic hydroxyl groups is 2. The van der Waals surface area contributed by atoms with Gasteiger partial charge < -0.3 is 25.0 Å². The Morgan fingerprint density at radius 1 is 1.03 bits per heavy atom. The van der Waals surface area contributed by atoms with Crippen LogP contribution in [0.5, 0.6) is 0 Å². The molecule has 2 atom stereocenters. The molecule has 34 heavy (non-hydrogen) atoms. The van der Waals surface area contributed by atoms with Crippen molar-refractivity contribution >= 4 is 23.8 Å². The number of fused-ring (bicyclic) bond motifs is 3. The number of hydrogen-bond donors (Lipinski definition) is 3. The number of hydrogen-bond acceptors (Lipinski definition) is 7. The van der Waals surface area contributed by atoms with Crippen LogP contribution in [0.3, 0.4) is 0 Å². The Morgan fingerprint density at radius 2 is 1.62 bits per heavy atom. The molecule has 8 heteroatoms. The zero-order valence-corrected chi connectivity index (χ0v) is 20.6. The Hall–Kier alpha value is -2.55.